The summed E-state index contributed by atoms with van der Waals surface area (Å²) in [6.45, 7) is 6.90. The third-order valence-corrected chi connectivity index (χ3v) is 5.21. The fourth-order valence-electron chi connectivity index (χ4n) is 2.27. The van der Waals surface area contributed by atoms with Gasteiger partial charge in [0.15, 0.2) is 6.10 Å². The molecule has 0 saturated carbocycles. The summed E-state index contributed by atoms with van der Waals surface area (Å²) in [5.41, 5.74) is -0.0271. The first kappa shape index (κ1) is 23.9. The number of hydrogen-bond donors (Lipinski definition) is 0. The molecule has 0 N–H and O–H groups in total. The van der Waals surface area contributed by atoms with E-state index in [-0.39, 0.29) is 31.0 Å². The van der Waals surface area contributed by atoms with Crippen molar-refractivity contribution >= 4 is 27.7 Å². The van der Waals surface area contributed by atoms with Crippen LogP contribution < -0.4 is 0 Å². The van der Waals surface area contributed by atoms with Gasteiger partial charge in [0.05, 0.1) is 25.1 Å². The van der Waals surface area contributed by atoms with Gasteiger partial charge in [-0.15, -0.1) is 11.6 Å². The molecule has 0 aliphatic rings. The standard InChI is InChI=1S/C19H29ClO6S/c1-15(2)26-18(21)17(24-13-16-9-6-5-7-10-16)19(3,4)14-25-27(22,23)12-8-11-20/h5-7,9-10,15,17H,8,11-14H2,1-4H3/t17-/m0/s1. The van der Waals surface area contributed by atoms with Crippen molar-refractivity contribution < 1.29 is 26.9 Å². The molecule has 0 heterocycles. The summed E-state index contributed by atoms with van der Waals surface area (Å²) >= 11 is 5.54. The van der Waals surface area contributed by atoms with Gasteiger partial charge in [0.2, 0.25) is 0 Å². The smallest absolute Gasteiger partial charge is 0.336 e. The number of carbonyl (C=O) groups excluding carboxylic acids is 1. The Morgan fingerprint density at radius 1 is 1.19 bits per heavy atom. The summed E-state index contributed by atoms with van der Waals surface area (Å²) in [7, 11) is -3.72. The third-order valence-electron chi connectivity index (χ3n) is 3.67. The Hall–Kier alpha value is -1.15. The minimum absolute atomic E-state index is 0.168. The van der Waals surface area contributed by atoms with Gasteiger partial charge in [-0.3, -0.25) is 4.18 Å². The van der Waals surface area contributed by atoms with E-state index in [0.29, 0.717) is 6.42 Å². The summed E-state index contributed by atoms with van der Waals surface area (Å²) in [6.07, 6.45) is -0.999. The zero-order valence-corrected chi connectivity index (χ0v) is 17.9. The average molecular weight is 421 g/mol. The second kappa shape index (κ2) is 11.0. The maximum Gasteiger partial charge on any atom is 0.336 e. The van der Waals surface area contributed by atoms with Gasteiger partial charge in [-0.25, -0.2) is 4.79 Å². The van der Waals surface area contributed by atoms with E-state index in [9.17, 15) is 13.2 Å². The highest BCUT2D eigenvalue weighted by Gasteiger charge is 2.39. The number of rotatable bonds is 12. The number of carbonyl (C=O) groups is 1. The van der Waals surface area contributed by atoms with E-state index >= 15 is 0 Å². The fraction of sp³-hybridized carbons (Fsp3) is 0.632. The summed E-state index contributed by atoms with van der Waals surface area (Å²) < 4.78 is 40.1. The third kappa shape index (κ3) is 9.06. The first-order valence-electron chi connectivity index (χ1n) is 8.86. The highest BCUT2D eigenvalue weighted by molar-refractivity contribution is 7.86. The van der Waals surface area contributed by atoms with Crippen molar-refractivity contribution in [3.8, 4) is 0 Å². The number of halogens is 1. The maximum atomic E-state index is 12.5. The van der Waals surface area contributed by atoms with Crippen molar-refractivity contribution in [2.45, 2.75) is 52.9 Å². The Bertz CT molecular complexity index is 673. The predicted octanol–water partition coefficient (Wildman–Crippen LogP) is 3.52. The molecule has 27 heavy (non-hydrogen) atoms. The van der Waals surface area contributed by atoms with Gasteiger partial charge < -0.3 is 9.47 Å². The molecule has 0 aliphatic heterocycles. The van der Waals surface area contributed by atoms with Gasteiger partial charge in [0.25, 0.3) is 10.1 Å². The zero-order valence-electron chi connectivity index (χ0n) is 16.3. The summed E-state index contributed by atoms with van der Waals surface area (Å²) in [5, 5.41) is 0. The summed E-state index contributed by atoms with van der Waals surface area (Å²) in [6, 6.07) is 9.39. The number of benzene rings is 1. The van der Waals surface area contributed by atoms with Crippen LogP contribution in [-0.2, 0) is 35.2 Å². The number of hydrogen-bond acceptors (Lipinski definition) is 6. The normalized spacial score (nSPS) is 13.6. The van der Waals surface area contributed by atoms with Crippen LogP contribution in [0.5, 0.6) is 0 Å². The van der Waals surface area contributed by atoms with Gasteiger partial charge in [0.1, 0.15) is 0 Å². The first-order valence-corrected chi connectivity index (χ1v) is 11.0. The molecule has 0 aromatic heterocycles. The van der Waals surface area contributed by atoms with Crippen LogP contribution in [0, 0.1) is 5.41 Å². The lowest BCUT2D eigenvalue weighted by molar-refractivity contribution is -0.172. The average Bonchev–Trinajstić information content (AvgIpc) is 2.59. The Morgan fingerprint density at radius 2 is 1.81 bits per heavy atom. The molecule has 0 bridgehead atoms. The molecule has 0 amide bonds. The zero-order chi connectivity index (χ0) is 20.5. The van der Waals surface area contributed by atoms with E-state index in [4.69, 9.17) is 25.3 Å². The van der Waals surface area contributed by atoms with Crippen LogP contribution in [0.4, 0.5) is 0 Å². The van der Waals surface area contributed by atoms with Crippen LogP contribution in [-0.4, -0.2) is 44.8 Å². The van der Waals surface area contributed by atoms with Gasteiger partial charge in [-0.05, 0) is 25.8 Å². The number of esters is 1. The second-order valence-corrected chi connectivity index (χ2v) is 9.35. The molecule has 1 rings (SSSR count). The quantitative estimate of drug-likeness (QED) is 0.292. The van der Waals surface area contributed by atoms with Crippen molar-refractivity contribution in [3.63, 3.8) is 0 Å². The molecular weight excluding hydrogens is 392 g/mol. The topological polar surface area (TPSA) is 78.9 Å². The Balaban J connectivity index is 2.86. The van der Waals surface area contributed by atoms with Gasteiger partial charge in [-0.1, -0.05) is 44.2 Å². The van der Waals surface area contributed by atoms with E-state index in [1.54, 1.807) is 27.7 Å². The Labute approximate surface area is 167 Å². The molecule has 1 atom stereocenters. The molecular formula is C19H29ClO6S. The van der Waals surface area contributed by atoms with Crippen molar-refractivity contribution in [3.05, 3.63) is 35.9 Å². The van der Waals surface area contributed by atoms with Crippen LogP contribution >= 0.6 is 11.6 Å². The van der Waals surface area contributed by atoms with Crippen molar-refractivity contribution in [2.75, 3.05) is 18.2 Å². The van der Waals surface area contributed by atoms with Crippen molar-refractivity contribution in [1.29, 1.82) is 0 Å². The maximum absolute atomic E-state index is 12.5. The molecule has 0 radical (unpaired) electrons. The molecule has 8 heteroatoms. The lowest BCUT2D eigenvalue weighted by atomic mass is 9.87. The van der Waals surface area contributed by atoms with Crippen LogP contribution in [0.3, 0.4) is 0 Å². The van der Waals surface area contributed by atoms with Crippen molar-refractivity contribution in [2.24, 2.45) is 5.41 Å². The number of alkyl halides is 1. The second-order valence-electron chi connectivity index (χ2n) is 7.22. The molecule has 1 aromatic carbocycles. The minimum Gasteiger partial charge on any atom is -0.461 e. The molecule has 1 aromatic rings. The molecule has 154 valence electrons. The molecule has 0 spiro atoms. The van der Waals surface area contributed by atoms with Crippen LogP contribution in [0.25, 0.3) is 0 Å². The lowest BCUT2D eigenvalue weighted by Gasteiger charge is -2.32. The van der Waals surface area contributed by atoms with E-state index in [0.717, 1.165) is 5.56 Å². The van der Waals surface area contributed by atoms with Crippen molar-refractivity contribution in [1.82, 2.24) is 0 Å². The van der Waals surface area contributed by atoms with E-state index in [1.807, 2.05) is 30.3 Å². The minimum atomic E-state index is -3.72. The van der Waals surface area contributed by atoms with Crippen LogP contribution in [0.1, 0.15) is 39.7 Å². The molecule has 0 aliphatic carbocycles. The van der Waals surface area contributed by atoms with E-state index in [1.165, 1.54) is 0 Å². The SMILES string of the molecule is CC(C)OC(=O)[C@H](OCc1ccccc1)C(C)(C)COS(=O)(=O)CCCCl. The predicted molar refractivity (Wildman–Crippen MR) is 105 cm³/mol. The van der Waals surface area contributed by atoms with E-state index in [2.05, 4.69) is 0 Å². The van der Waals surface area contributed by atoms with E-state index < -0.39 is 27.6 Å². The molecule has 0 saturated heterocycles. The molecule has 0 unspecified atom stereocenters. The van der Waals surface area contributed by atoms with Gasteiger partial charge in [0, 0.05) is 11.3 Å². The molecule has 6 nitrogen and oxygen atoms in total. The largest absolute Gasteiger partial charge is 0.461 e. The van der Waals surface area contributed by atoms with Crippen LogP contribution in [0.2, 0.25) is 0 Å². The fourth-order valence-corrected chi connectivity index (χ4v) is 3.66. The summed E-state index contributed by atoms with van der Waals surface area (Å²) in [4.78, 5) is 12.5. The van der Waals surface area contributed by atoms with Gasteiger partial charge >= 0.3 is 5.97 Å². The first-order chi connectivity index (χ1) is 12.6. The summed E-state index contributed by atoms with van der Waals surface area (Å²) in [5.74, 6) is -0.485. The monoisotopic (exact) mass is 420 g/mol. The lowest BCUT2D eigenvalue weighted by Crippen LogP contribution is -2.44. The highest BCUT2D eigenvalue weighted by atomic mass is 35.5. The number of ether oxygens (including phenoxy) is 2. The molecule has 0 fully saturated rings. The van der Waals surface area contributed by atoms with Crippen LogP contribution in [0.15, 0.2) is 30.3 Å². The highest BCUT2D eigenvalue weighted by Crippen LogP contribution is 2.27. The Morgan fingerprint density at radius 3 is 2.37 bits per heavy atom. The Kier molecular flexibility index (Phi) is 9.73. The van der Waals surface area contributed by atoms with Gasteiger partial charge in [-0.2, -0.15) is 8.42 Å².